The number of fused-ring (bicyclic) bond motifs is 1. The Bertz CT molecular complexity index is 908. The number of carbonyl (C=O) groups is 2. The number of benzene rings is 2. The summed E-state index contributed by atoms with van der Waals surface area (Å²) in [6.45, 7) is 4.85. The summed E-state index contributed by atoms with van der Waals surface area (Å²) in [5.74, 6) is 0.792. The molecule has 1 aliphatic heterocycles. The third-order valence-electron chi connectivity index (χ3n) is 4.09. The van der Waals surface area contributed by atoms with Crippen LogP contribution in [0.4, 0.5) is 5.69 Å². The molecule has 0 radical (unpaired) electrons. The molecule has 0 bridgehead atoms. The lowest BCUT2D eigenvalue weighted by Gasteiger charge is -2.18. The standard InChI is InChI=1S/C22H23NO6/c1-3-26-18-7-5-4-6-17(18)23-22(25)15(2)29-21(24)11-9-16-8-10-19-20(14-16)28-13-12-27-19/h4-11,14-15H,3,12-13H2,1-2H3,(H,23,25). The maximum absolute atomic E-state index is 12.3. The van der Waals surface area contributed by atoms with Gasteiger partial charge in [-0.2, -0.15) is 0 Å². The summed E-state index contributed by atoms with van der Waals surface area (Å²) < 4.78 is 21.6. The van der Waals surface area contributed by atoms with Crippen molar-refractivity contribution in [2.45, 2.75) is 20.0 Å². The fourth-order valence-electron chi connectivity index (χ4n) is 2.68. The molecule has 1 atom stereocenters. The van der Waals surface area contributed by atoms with E-state index in [2.05, 4.69) is 5.32 Å². The predicted octanol–water partition coefficient (Wildman–Crippen LogP) is 3.44. The Morgan fingerprint density at radius 2 is 1.90 bits per heavy atom. The molecule has 1 N–H and O–H groups in total. The van der Waals surface area contributed by atoms with Crippen molar-refractivity contribution in [2.75, 3.05) is 25.1 Å². The lowest BCUT2D eigenvalue weighted by atomic mass is 10.2. The summed E-state index contributed by atoms with van der Waals surface area (Å²) in [5, 5.41) is 2.71. The van der Waals surface area contributed by atoms with E-state index in [4.69, 9.17) is 18.9 Å². The van der Waals surface area contributed by atoms with E-state index in [1.807, 2.05) is 13.0 Å². The van der Waals surface area contributed by atoms with Crippen molar-refractivity contribution in [2.24, 2.45) is 0 Å². The van der Waals surface area contributed by atoms with Crippen molar-refractivity contribution in [1.29, 1.82) is 0 Å². The van der Waals surface area contributed by atoms with Crippen LogP contribution in [-0.2, 0) is 14.3 Å². The molecule has 1 aliphatic rings. The van der Waals surface area contributed by atoms with Crippen LogP contribution in [-0.4, -0.2) is 37.8 Å². The van der Waals surface area contributed by atoms with Crippen LogP contribution in [0.5, 0.6) is 17.2 Å². The first-order chi connectivity index (χ1) is 14.1. The minimum Gasteiger partial charge on any atom is -0.492 e. The predicted molar refractivity (Wildman–Crippen MR) is 108 cm³/mol. The van der Waals surface area contributed by atoms with Gasteiger partial charge in [0.25, 0.3) is 5.91 Å². The molecule has 2 aromatic carbocycles. The van der Waals surface area contributed by atoms with Crippen LogP contribution in [0, 0.1) is 0 Å². The molecule has 7 heteroatoms. The van der Waals surface area contributed by atoms with Gasteiger partial charge in [-0.3, -0.25) is 4.79 Å². The maximum atomic E-state index is 12.3. The zero-order chi connectivity index (χ0) is 20.6. The molecule has 0 aliphatic carbocycles. The highest BCUT2D eigenvalue weighted by Crippen LogP contribution is 2.31. The van der Waals surface area contributed by atoms with E-state index < -0.39 is 18.0 Å². The fourth-order valence-corrected chi connectivity index (χ4v) is 2.68. The molecule has 0 saturated heterocycles. The summed E-state index contributed by atoms with van der Waals surface area (Å²) in [5.41, 5.74) is 1.28. The molecule has 2 aromatic rings. The second-order valence-electron chi connectivity index (χ2n) is 6.23. The van der Waals surface area contributed by atoms with Crippen molar-refractivity contribution in [3.63, 3.8) is 0 Å². The molecule has 3 rings (SSSR count). The van der Waals surface area contributed by atoms with Gasteiger partial charge in [0.15, 0.2) is 17.6 Å². The Hall–Kier alpha value is -3.48. The van der Waals surface area contributed by atoms with Gasteiger partial charge >= 0.3 is 5.97 Å². The smallest absolute Gasteiger partial charge is 0.331 e. The maximum Gasteiger partial charge on any atom is 0.331 e. The number of esters is 1. The molecule has 1 unspecified atom stereocenters. The molecule has 29 heavy (non-hydrogen) atoms. The molecule has 0 spiro atoms. The number of para-hydroxylation sites is 2. The highest BCUT2D eigenvalue weighted by atomic mass is 16.6. The van der Waals surface area contributed by atoms with Gasteiger partial charge in [-0.1, -0.05) is 18.2 Å². The molecule has 152 valence electrons. The van der Waals surface area contributed by atoms with Gasteiger partial charge in [0.2, 0.25) is 0 Å². The zero-order valence-corrected chi connectivity index (χ0v) is 16.3. The lowest BCUT2D eigenvalue weighted by Crippen LogP contribution is -2.29. The van der Waals surface area contributed by atoms with E-state index in [1.54, 1.807) is 42.5 Å². The lowest BCUT2D eigenvalue weighted by molar-refractivity contribution is -0.148. The summed E-state index contributed by atoms with van der Waals surface area (Å²) in [6, 6.07) is 12.4. The van der Waals surface area contributed by atoms with Crippen LogP contribution in [0.15, 0.2) is 48.5 Å². The third-order valence-corrected chi connectivity index (χ3v) is 4.09. The molecular weight excluding hydrogens is 374 g/mol. The van der Waals surface area contributed by atoms with Crippen molar-refractivity contribution in [3.05, 3.63) is 54.1 Å². The van der Waals surface area contributed by atoms with Gasteiger partial charge in [-0.25, -0.2) is 4.79 Å². The highest BCUT2D eigenvalue weighted by Gasteiger charge is 2.18. The summed E-state index contributed by atoms with van der Waals surface area (Å²) in [7, 11) is 0. The van der Waals surface area contributed by atoms with Crippen molar-refractivity contribution in [3.8, 4) is 17.2 Å². The number of rotatable bonds is 7. The molecule has 1 heterocycles. The Balaban J connectivity index is 1.56. The number of carbonyl (C=O) groups excluding carboxylic acids is 2. The van der Waals surface area contributed by atoms with Gasteiger partial charge < -0.3 is 24.3 Å². The Morgan fingerprint density at radius 1 is 1.14 bits per heavy atom. The average molecular weight is 397 g/mol. The molecule has 0 saturated carbocycles. The van der Waals surface area contributed by atoms with Gasteiger partial charge in [-0.05, 0) is 49.8 Å². The molecular formula is C22H23NO6. The zero-order valence-electron chi connectivity index (χ0n) is 16.3. The number of hydrogen-bond acceptors (Lipinski definition) is 6. The summed E-state index contributed by atoms with van der Waals surface area (Å²) in [6.07, 6.45) is 1.89. The van der Waals surface area contributed by atoms with E-state index >= 15 is 0 Å². The molecule has 1 amide bonds. The highest BCUT2D eigenvalue weighted by molar-refractivity contribution is 5.97. The van der Waals surface area contributed by atoms with Crippen LogP contribution < -0.4 is 19.5 Å². The van der Waals surface area contributed by atoms with E-state index in [-0.39, 0.29) is 0 Å². The van der Waals surface area contributed by atoms with Crippen LogP contribution in [0.25, 0.3) is 6.08 Å². The SMILES string of the molecule is CCOc1ccccc1NC(=O)C(C)OC(=O)C=Cc1ccc2c(c1)OCCO2. The van der Waals surface area contributed by atoms with E-state index in [9.17, 15) is 9.59 Å². The molecule has 0 fully saturated rings. The van der Waals surface area contributed by atoms with Crippen molar-refractivity contribution >= 4 is 23.6 Å². The largest absolute Gasteiger partial charge is 0.492 e. The molecule has 7 nitrogen and oxygen atoms in total. The van der Waals surface area contributed by atoms with Crippen molar-refractivity contribution < 1.29 is 28.5 Å². The van der Waals surface area contributed by atoms with E-state index in [0.29, 0.717) is 42.8 Å². The third kappa shape index (κ3) is 5.51. The first-order valence-corrected chi connectivity index (χ1v) is 9.38. The van der Waals surface area contributed by atoms with Gasteiger partial charge in [0.05, 0.1) is 12.3 Å². The second-order valence-corrected chi connectivity index (χ2v) is 6.23. The minimum absolute atomic E-state index is 0.446. The number of ether oxygens (including phenoxy) is 4. The minimum atomic E-state index is -0.970. The van der Waals surface area contributed by atoms with Gasteiger partial charge in [0, 0.05) is 6.08 Å². The van der Waals surface area contributed by atoms with Crippen LogP contribution in [0.2, 0.25) is 0 Å². The average Bonchev–Trinajstić information content (AvgIpc) is 2.73. The Morgan fingerprint density at radius 3 is 2.69 bits per heavy atom. The fraction of sp³-hybridized carbons (Fsp3) is 0.273. The first kappa shape index (κ1) is 20.3. The van der Waals surface area contributed by atoms with Crippen molar-refractivity contribution in [1.82, 2.24) is 0 Å². The normalized spacial score (nSPS) is 13.6. The number of amides is 1. The second kappa shape index (κ2) is 9.64. The summed E-state index contributed by atoms with van der Waals surface area (Å²) in [4.78, 5) is 24.4. The quantitative estimate of drug-likeness (QED) is 0.569. The topological polar surface area (TPSA) is 83.1 Å². The Kier molecular flexibility index (Phi) is 6.73. The number of hydrogen-bond donors (Lipinski definition) is 1. The van der Waals surface area contributed by atoms with Gasteiger partial charge in [0.1, 0.15) is 19.0 Å². The van der Waals surface area contributed by atoms with E-state index in [0.717, 1.165) is 5.56 Å². The molecule has 0 aromatic heterocycles. The first-order valence-electron chi connectivity index (χ1n) is 9.38. The van der Waals surface area contributed by atoms with E-state index in [1.165, 1.54) is 13.0 Å². The van der Waals surface area contributed by atoms with Crippen LogP contribution >= 0.6 is 0 Å². The Labute approximate surface area is 169 Å². The monoisotopic (exact) mass is 397 g/mol. The van der Waals surface area contributed by atoms with Crippen LogP contribution in [0.3, 0.4) is 0 Å². The number of nitrogens with one attached hydrogen (secondary N) is 1. The van der Waals surface area contributed by atoms with Gasteiger partial charge in [-0.15, -0.1) is 0 Å². The van der Waals surface area contributed by atoms with Crippen LogP contribution in [0.1, 0.15) is 19.4 Å². The number of anilines is 1. The summed E-state index contributed by atoms with van der Waals surface area (Å²) >= 11 is 0.